The summed E-state index contributed by atoms with van der Waals surface area (Å²) in [5.41, 5.74) is 1.66. The number of hydrogen-bond donors (Lipinski definition) is 0. The molecular weight excluding hydrogens is 454 g/mol. The van der Waals surface area contributed by atoms with Crippen LogP contribution in [0.25, 0.3) is 11.2 Å². The predicted molar refractivity (Wildman–Crippen MR) is 130 cm³/mol. The van der Waals surface area contributed by atoms with Crippen LogP contribution in [0, 0.1) is 11.6 Å². The molecule has 35 heavy (non-hydrogen) atoms. The molecule has 0 bridgehead atoms. The van der Waals surface area contributed by atoms with Gasteiger partial charge in [-0.25, -0.2) is 13.6 Å². The summed E-state index contributed by atoms with van der Waals surface area (Å²) in [6.07, 6.45) is 0. The number of rotatable bonds is 5. The second-order valence-corrected chi connectivity index (χ2v) is 8.89. The Hall–Kier alpha value is -3.79. The van der Waals surface area contributed by atoms with Gasteiger partial charge in [0.25, 0.3) is 5.56 Å². The number of aryl methyl sites for hydroxylation is 1. The number of piperazine rings is 1. The van der Waals surface area contributed by atoms with Gasteiger partial charge in [-0.2, -0.15) is 4.98 Å². The van der Waals surface area contributed by atoms with Gasteiger partial charge in [-0.1, -0.05) is 24.3 Å². The maximum absolute atomic E-state index is 13.5. The smallest absolute Gasteiger partial charge is 0.332 e. The number of nitrogens with zero attached hydrogens (tertiary/aromatic N) is 6. The number of benzene rings is 2. The third-order valence-corrected chi connectivity index (χ3v) is 6.56. The summed E-state index contributed by atoms with van der Waals surface area (Å²) in [5.74, 6) is 0.0169. The number of imidazole rings is 1. The third-order valence-electron chi connectivity index (χ3n) is 6.56. The highest BCUT2D eigenvalue weighted by molar-refractivity contribution is 5.75. The minimum atomic E-state index is -0.440. The Morgan fingerprint density at radius 2 is 1.31 bits per heavy atom. The molecule has 0 spiro atoms. The van der Waals surface area contributed by atoms with E-state index in [-0.39, 0.29) is 11.6 Å². The van der Waals surface area contributed by atoms with E-state index in [1.807, 2.05) is 4.57 Å². The molecule has 4 aromatic rings. The second kappa shape index (κ2) is 9.10. The SMILES string of the molecule is Cn1c(=O)c2c(nc(N3CCN(Cc4ccc(F)cc4)CC3)n2Cc2ccc(F)cc2)n(C)c1=O. The highest BCUT2D eigenvalue weighted by Gasteiger charge is 2.26. The van der Waals surface area contributed by atoms with Gasteiger partial charge in [0.2, 0.25) is 5.95 Å². The molecule has 2 aromatic carbocycles. The molecule has 2 aromatic heterocycles. The van der Waals surface area contributed by atoms with Crippen LogP contribution >= 0.6 is 0 Å². The monoisotopic (exact) mass is 480 g/mol. The van der Waals surface area contributed by atoms with E-state index in [0.29, 0.717) is 36.7 Å². The van der Waals surface area contributed by atoms with Crippen LogP contribution in [0.2, 0.25) is 0 Å². The molecular formula is C25H26F2N6O2. The lowest BCUT2D eigenvalue weighted by atomic mass is 10.2. The van der Waals surface area contributed by atoms with E-state index < -0.39 is 11.2 Å². The molecule has 0 radical (unpaired) electrons. The number of anilines is 1. The predicted octanol–water partition coefficient (Wildman–Crippen LogP) is 2.08. The Morgan fingerprint density at radius 1 is 0.771 bits per heavy atom. The summed E-state index contributed by atoms with van der Waals surface area (Å²) in [7, 11) is 3.05. The van der Waals surface area contributed by atoms with Crippen LogP contribution in [-0.4, -0.2) is 49.8 Å². The molecule has 0 amide bonds. The van der Waals surface area contributed by atoms with Crippen LogP contribution in [-0.2, 0) is 27.2 Å². The molecule has 0 N–H and O–H groups in total. The molecule has 0 unspecified atom stereocenters. The minimum Gasteiger partial charge on any atom is -0.340 e. The molecule has 10 heteroatoms. The van der Waals surface area contributed by atoms with Gasteiger partial charge >= 0.3 is 5.69 Å². The summed E-state index contributed by atoms with van der Waals surface area (Å²) in [5, 5.41) is 0. The van der Waals surface area contributed by atoms with Crippen LogP contribution in [0.4, 0.5) is 14.7 Å². The Bertz CT molecular complexity index is 1480. The van der Waals surface area contributed by atoms with Gasteiger partial charge in [0.15, 0.2) is 11.2 Å². The fourth-order valence-corrected chi connectivity index (χ4v) is 4.55. The fraction of sp³-hybridized carbons (Fsp3) is 0.320. The van der Waals surface area contributed by atoms with Crippen LogP contribution < -0.4 is 16.1 Å². The Kier molecular flexibility index (Phi) is 5.98. The van der Waals surface area contributed by atoms with E-state index in [9.17, 15) is 18.4 Å². The van der Waals surface area contributed by atoms with Crippen LogP contribution in [0.15, 0.2) is 58.1 Å². The first-order valence-electron chi connectivity index (χ1n) is 11.4. The lowest BCUT2D eigenvalue weighted by molar-refractivity contribution is 0.248. The van der Waals surface area contributed by atoms with Gasteiger partial charge in [0.05, 0.1) is 6.54 Å². The van der Waals surface area contributed by atoms with E-state index in [2.05, 4.69) is 9.80 Å². The van der Waals surface area contributed by atoms with E-state index in [1.54, 1.807) is 31.3 Å². The van der Waals surface area contributed by atoms with Crippen molar-refractivity contribution in [3.05, 3.63) is 92.1 Å². The fourth-order valence-electron chi connectivity index (χ4n) is 4.55. The first kappa shape index (κ1) is 23.0. The van der Waals surface area contributed by atoms with E-state index in [1.165, 1.54) is 35.9 Å². The lowest BCUT2D eigenvalue weighted by Gasteiger charge is -2.35. The average Bonchev–Trinajstić information content (AvgIpc) is 3.24. The van der Waals surface area contributed by atoms with Gasteiger partial charge in [-0.05, 0) is 35.4 Å². The molecule has 5 rings (SSSR count). The minimum absolute atomic E-state index is 0.251. The van der Waals surface area contributed by atoms with E-state index >= 15 is 0 Å². The highest BCUT2D eigenvalue weighted by atomic mass is 19.1. The summed E-state index contributed by atoms with van der Waals surface area (Å²) in [6, 6.07) is 12.6. The lowest BCUT2D eigenvalue weighted by Crippen LogP contribution is -2.47. The number of aromatic nitrogens is 4. The molecule has 8 nitrogen and oxygen atoms in total. The molecule has 1 aliphatic heterocycles. The maximum Gasteiger partial charge on any atom is 0.332 e. The summed E-state index contributed by atoms with van der Waals surface area (Å²) in [4.78, 5) is 34.8. The Balaban J connectivity index is 1.48. The van der Waals surface area contributed by atoms with Crippen LogP contribution in [0.5, 0.6) is 0 Å². The van der Waals surface area contributed by atoms with Crippen molar-refractivity contribution in [3.8, 4) is 0 Å². The maximum atomic E-state index is 13.5. The number of halogens is 2. The summed E-state index contributed by atoms with van der Waals surface area (Å²) < 4.78 is 31.0. The van der Waals surface area contributed by atoms with E-state index in [0.717, 1.165) is 35.3 Å². The third kappa shape index (κ3) is 4.37. The van der Waals surface area contributed by atoms with Gasteiger partial charge in [0.1, 0.15) is 11.6 Å². The zero-order valence-electron chi connectivity index (χ0n) is 19.6. The van der Waals surface area contributed by atoms with Crippen molar-refractivity contribution in [2.24, 2.45) is 14.1 Å². The second-order valence-electron chi connectivity index (χ2n) is 8.89. The standard InChI is InChI=1S/C25H26F2N6O2/c1-29-22-21(23(34)30(2)25(29)35)33(16-18-5-9-20(27)10-6-18)24(28-22)32-13-11-31(12-14-32)15-17-3-7-19(26)8-4-17/h3-10H,11-16H2,1-2H3. The number of fused-ring (bicyclic) bond motifs is 1. The van der Waals surface area contributed by atoms with Gasteiger partial charge < -0.3 is 4.90 Å². The molecule has 3 heterocycles. The van der Waals surface area contributed by atoms with Crippen molar-refractivity contribution in [2.75, 3.05) is 31.1 Å². The van der Waals surface area contributed by atoms with Crippen molar-refractivity contribution >= 4 is 17.1 Å². The normalized spacial score (nSPS) is 14.7. The first-order valence-corrected chi connectivity index (χ1v) is 11.4. The molecule has 1 saturated heterocycles. The van der Waals surface area contributed by atoms with Crippen molar-refractivity contribution in [3.63, 3.8) is 0 Å². The van der Waals surface area contributed by atoms with Crippen molar-refractivity contribution < 1.29 is 8.78 Å². The topological polar surface area (TPSA) is 68.3 Å². The van der Waals surface area contributed by atoms with Gasteiger partial charge in [-0.3, -0.25) is 23.4 Å². The summed E-state index contributed by atoms with van der Waals surface area (Å²) in [6.45, 7) is 3.89. The molecule has 0 aliphatic carbocycles. The Labute approximate surface area is 200 Å². The first-order chi connectivity index (χ1) is 16.8. The molecule has 0 atom stereocenters. The average molecular weight is 481 g/mol. The molecule has 1 aliphatic rings. The summed E-state index contributed by atoms with van der Waals surface area (Å²) >= 11 is 0. The van der Waals surface area contributed by atoms with Crippen molar-refractivity contribution in [1.29, 1.82) is 0 Å². The van der Waals surface area contributed by atoms with Crippen molar-refractivity contribution in [1.82, 2.24) is 23.6 Å². The largest absolute Gasteiger partial charge is 0.340 e. The zero-order valence-corrected chi connectivity index (χ0v) is 19.6. The number of hydrogen-bond acceptors (Lipinski definition) is 5. The molecule has 0 saturated carbocycles. The van der Waals surface area contributed by atoms with Crippen LogP contribution in [0.3, 0.4) is 0 Å². The van der Waals surface area contributed by atoms with Gasteiger partial charge in [0, 0.05) is 46.8 Å². The zero-order chi connectivity index (χ0) is 24.7. The van der Waals surface area contributed by atoms with E-state index in [4.69, 9.17) is 4.98 Å². The van der Waals surface area contributed by atoms with Gasteiger partial charge in [-0.15, -0.1) is 0 Å². The van der Waals surface area contributed by atoms with Crippen LogP contribution in [0.1, 0.15) is 11.1 Å². The van der Waals surface area contributed by atoms with Crippen molar-refractivity contribution in [2.45, 2.75) is 13.1 Å². The quantitative estimate of drug-likeness (QED) is 0.438. The molecule has 182 valence electrons. The highest BCUT2D eigenvalue weighted by Crippen LogP contribution is 2.23. The molecule has 1 fully saturated rings. The Morgan fingerprint density at radius 3 is 1.89 bits per heavy atom.